The van der Waals surface area contributed by atoms with E-state index in [-0.39, 0.29) is 51.0 Å². The van der Waals surface area contributed by atoms with Gasteiger partial charge in [0.25, 0.3) is 11.7 Å². The third-order valence-corrected chi connectivity index (χ3v) is 11.9. The van der Waals surface area contributed by atoms with Crippen molar-refractivity contribution < 1.29 is 58.9 Å². The number of aliphatic hydroxyl groups excluding tert-OH is 2. The van der Waals surface area contributed by atoms with E-state index in [0.29, 0.717) is 13.1 Å². The van der Waals surface area contributed by atoms with Crippen LogP contribution in [0.15, 0.2) is 36.1 Å². The number of amides is 1. The van der Waals surface area contributed by atoms with Gasteiger partial charge in [-0.05, 0) is 45.9 Å². The second kappa shape index (κ2) is 17.5. The fourth-order valence-corrected chi connectivity index (χ4v) is 8.28. The smallest absolute Gasteiger partial charge is 0.312 e. The Bertz CT molecular complexity index is 1970. The van der Waals surface area contributed by atoms with Crippen molar-refractivity contribution >= 4 is 34.1 Å². The highest BCUT2D eigenvalue weighted by Crippen LogP contribution is 2.55. The largest absolute Gasteiger partial charge is 0.507 e. The number of ketones is 1. The molecule has 9 unspecified atom stereocenters. The molecule has 4 aliphatic heterocycles. The van der Waals surface area contributed by atoms with Gasteiger partial charge >= 0.3 is 11.8 Å². The number of phenolic OH excluding ortho intramolecular Hbond substituents is 3. The lowest BCUT2D eigenvalue weighted by Gasteiger charge is -2.38. The van der Waals surface area contributed by atoms with Crippen molar-refractivity contribution in [3.63, 3.8) is 0 Å². The maximum atomic E-state index is 14.4. The van der Waals surface area contributed by atoms with Crippen LogP contribution in [0.25, 0.3) is 10.8 Å². The number of phenols is 3. The maximum absolute atomic E-state index is 14.4. The summed E-state index contributed by atoms with van der Waals surface area (Å²) in [5.74, 6) is -7.77. The number of methoxy groups -OCH3 is 1. The molecule has 312 valence electrons. The van der Waals surface area contributed by atoms with E-state index in [0.717, 1.165) is 19.3 Å². The van der Waals surface area contributed by atoms with Crippen LogP contribution in [0.4, 0.5) is 5.69 Å². The monoisotopic (exact) mass is 794 g/mol. The van der Waals surface area contributed by atoms with E-state index in [1.54, 1.807) is 46.8 Å². The Morgan fingerprint density at radius 2 is 1.60 bits per heavy atom. The summed E-state index contributed by atoms with van der Waals surface area (Å²) in [6, 6.07) is 0. The molecule has 14 heteroatoms. The molecule has 6 rings (SSSR count). The van der Waals surface area contributed by atoms with Gasteiger partial charge in [-0.2, -0.15) is 0 Å². The Labute approximate surface area is 333 Å². The molecule has 6 N–H and O–H groups in total. The number of benzene rings is 2. The molecule has 14 nitrogen and oxygen atoms in total. The zero-order chi connectivity index (χ0) is 42.1. The zero-order valence-electron chi connectivity index (χ0n) is 34.3. The third-order valence-electron chi connectivity index (χ3n) is 11.9. The van der Waals surface area contributed by atoms with Gasteiger partial charge in [0.2, 0.25) is 0 Å². The van der Waals surface area contributed by atoms with Crippen molar-refractivity contribution in [1.82, 2.24) is 4.90 Å². The highest BCUT2D eigenvalue weighted by atomic mass is 16.7. The maximum Gasteiger partial charge on any atom is 0.312 e. The fourth-order valence-electron chi connectivity index (χ4n) is 8.28. The van der Waals surface area contributed by atoms with E-state index in [1.807, 2.05) is 0 Å². The van der Waals surface area contributed by atoms with Crippen molar-refractivity contribution in [2.45, 2.75) is 111 Å². The SMILES string of the molecule is COC1C=COC2(C)Oc3c(C)c(O)c4c(O)c(c(CN5CCCCC5)c(O)c4c3C2=O)NC(=O)C(C)=CC=CC(C)C(O)C(C)C(O)C(C)C(OC(C)=O)C1C. The van der Waals surface area contributed by atoms with Crippen molar-refractivity contribution in [1.29, 1.82) is 0 Å². The Morgan fingerprint density at radius 3 is 2.23 bits per heavy atom. The van der Waals surface area contributed by atoms with Gasteiger partial charge in [0.05, 0.1) is 41.2 Å². The molecular formula is C43H58N2O12. The second-order valence-corrected chi connectivity index (χ2v) is 16.0. The number of anilines is 1. The Kier molecular flexibility index (Phi) is 13.3. The molecule has 2 aromatic carbocycles. The van der Waals surface area contributed by atoms with Gasteiger partial charge in [0, 0.05) is 73.3 Å². The van der Waals surface area contributed by atoms with Crippen molar-refractivity contribution in [2.75, 3.05) is 25.5 Å². The number of aliphatic hydroxyl groups is 2. The van der Waals surface area contributed by atoms with Gasteiger partial charge < -0.3 is 49.8 Å². The van der Waals surface area contributed by atoms with Gasteiger partial charge in [-0.15, -0.1) is 0 Å². The third kappa shape index (κ3) is 8.50. The highest BCUT2D eigenvalue weighted by molar-refractivity contribution is 6.22. The molecule has 0 spiro atoms. The molecule has 5 bridgehead atoms. The van der Waals surface area contributed by atoms with E-state index in [2.05, 4.69) is 10.2 Å². The predicted molar refractivity (Wildman–Crippen MR) is 213 cm³/mol. The summed E-state index contributed by atoms with van der Waals surface area (Å²) in [7, 11) is 1.45. The first kappa shape index (κ1) is 43.5. The number of nitrogens with zero attached hydrogens (tertiary/aromatic N) is 1. The molecular weight excluding hydrogens is 736 g/mol. The topological polar surface area (TPSA) is 205 Å². The summed E-state index contributed by atoms with van der Waals surface area (Å²) in [5.41, 5.74) is 0.236. The van der Waals surface area contributed by atoms with Crippen molar-refractivity contribution in [3.05, 3.63) is 52.8 Å². The quantitative estimate of drug-likeness (QED) is 0.124. The van der Waals surface area contributed by atoms with Gasteiger partial charge in [-0.1, -0.05) is 52.3 Å². The number of hydrogen-bond donors (Lipinski definition) is 6. The van der Waals surface area contributed by atoms with Crippen LogP contribution in [0.2, 0.25) is 0 Å². The molecule has 0 aromatic heterocycles. The minimum absolute atomic E-state index is 0.0488. The van der Waals surface area contributed by atoms with Gasteiger partial charge in [-0.25, -0.2) is 0 Å². The number of hydrogen-bond acceptors (Lipinski definition) is 13. The molecule has 9 atom stereocenters. The molecule has 0 saturated carbocycles. The van der Waals surface area contributed by atoms with Gasteiger partial charge in [-0.3, -0.25) is 19.3 Å². The minimum atomic E-state index is -2.00. The molecule has 2 aromatic rings. The number of nitrogens with one attached hydrogen (secondary N) is 1. The van der Waals surface area contributed by atoms with E-state index >= 15 is 0 Å². The van der Waals surface area contributed by atoms with Crippen LogP contribution in [-0.4, -0.2) is 98.5 Å². The summed E-state index contributed by atoms with van der Waals surface area (Å²) >= 11 is 0. The average Bonchev–Trinajstić information content (AvgIpc) is 3.44. The lowest BCUT2D eigenvalue weighted by molar-refractivity contribution is -0.160. The molecule has 57 heavy (non-hydrogen) atoms. The number of likely N-dealkylation sites (tertiary alicyclic amines) is 1. The fraction of sp³-hybridized carbons (Fsp3) is 0.558. The van der Waals surface area contributed by atoms with Crippen LogP contribution < -0.4 is 10.1 Å². The minimum Gasteiger partial charge on any atom is -0.507 e. The number of carbonyl (C=O) groups is 3. The average molecular weight is 795 g/mol. The Hall–Kier alpha value is -4.63. The lowest BCUT2D eigenvalue weighted by Crippen LogP contribution is -2.46. The molecule has 1 saturated heterocycles. The Balaban J connectivity index is 1.70. The summed E-state index contributed by atoms with van der Waals surface area (Å²) in [5, 5.41) is 60.8. The number of Topliss-reactive ketones (excluding diaryl/α,β-unsaturated/α-hetero) is 1. The number of allylic oxidation sites excluding steroid dienone is 2. The van der Waals surface area contributed by atoms with E-state index in [4.69, 9.17) is 18.9 Å². The second-order valence-electron chi connectivity index (χ2n) is 16.0. The number of piperidine rings is 1. The number of fused-ring (bicyclic) bond motifs is 14. The van der Waals surface area contributed by atoms with Gasteiger partial charge in [0.15, 0.2) is 5.75 Å². The van der Waals surface area contributed by atoms with E-state index in [1.165, 1.54) is 46.3 Å². The van der Waals surface area contributed by atoms with Crippen LogP contribution >= 0.6 is 0 Å². The summed E-state index contributed by atoms with van der Waals surface area (Å²) in [6.07, 6.45) is 6.63. The molecule has 1 fully saturated rings. The summed E-state index contributed by atoms with van der Waals surface area (Å²) in [6.45, 7) is 14.2. The van der Waals surface area contributed by atoms with Crippen molar-refractivity contribution in [2.24, 2.45) is 23.7 Å². The van der Waals surface area contributed by atoms with Crippen LogP contribution in [0.5, 0.6) is 23.0 Å². The molecule has 4 aliphatic rings. The summed E-state index contributed by atoms with van der Waals surface area (Å²) in [4.78, 5) is 42.6. The Morgan fingerprint density at radius 1 is 0.930 bits per heavy atom. The zero-order valence-corrected chi connectivity index (χ0v) is 34.3. The first-order valence-electron chi connectivity index (χ1n) is 19.6. The molecule has 4 heterocycles. The first-order valence-corrected chi connectivity index (χ1v) is 19.6. The normalized spacial score (nSPS) is 30.5. The molecule has 0 radical (unpaired) electrons. The predicted octanol–water partition coefficient (Wildman–Crippen LogP) is 5.74. The number of rotatable bonds is 4. The van der Waals surface area contributed by atoms with Gasteiger partial charge in [0.1, 0.15) is 23.4 Å². The van der Waals surface area contributed by atoms with Crippen LogP contribution in [0.1, 0.15) is 89.2 Å². The standard InChI is InChI=1S/C43H58N2O12/c1-21-14-13-15-22(2)42(53)44-33-28(20-45-17-11-10-12-18-45)37(50)30-31(38(33)51)36(49)26(6)40-32(30)41(52)43(8,57-40)55-19-16-29(54-9)23(3)39(56-27(7)46)25(5)35(48)24(4)34(21)47/h13-16,19,21,23-25,29,34-35,39,47-51H,10-12,17-18,20H2,1-9H3,(H,44,53). The highest BCUT2D eigenvalue weighted by Gasteiger charge is 2.50. The number of aromatic hydroxyl groups is 3. The van der Waals surface area contributed by atoms with Crippen LogP contribution in [-0.2, 0) is 30.3 Å². The van der Waals surface area contributed by atoms with Crippen LogP contribution in [0, 0.1) is 30.6 Å². The molecule has 1 amide bonds. The number of ether oxygens (including phenoxy) is 4. The number of esters is 1. The van der Waals surface area contributed by atoms with Crippen LogP contribution in [0.3, 0.4) is 0 Å². The summed E-state index contributed by atoms with van der Waals surface area (Å²) < 4.78 is 23.6. The molecule has 0 aliphatic carbocycles. The number of carbonyl (C=O) groups excluding carboxylic acids is 3. The van der Waals surface area contributed by atoms with E-state index < -0.39 is 88.8 Å². The van der Waals surface area contributed by atoms with Crippen molar-refractivity contribution in [3.8, 4) is 23.0 Å². The first-order chi connectivity index (χ1) is 26.8. The van der Waals surface area contributed by atoms with E-state index in [9.17, 15) is 39.9 Å². The lowest BCUT2D eigenvalue weighted by atomic mass is 9.78.